The Morgan fingerprint density at radius 1 is 1.27 bits per heavy atom. The second-order valence-electron chi connectivity index (χ2n) is 5.94. The van der Waals surface area contributed by atoms with E-state index in [1.807, 2.05) is 25.6 Å². The molecule has 1 saturated heterocycles. The predicted molar refractivity (Wildman–Crippen MR) is 109 cm³/mol. The number of nitrogens with one attached hydrogen (secondary N) is 2. The van der Waals surface area contributed by atoms with Crippen LogP contribution in [0.1, 0.15) is 25.8 Å². The summed E-state index contributed by atoms with van der Waals surface area (Å²) in [5.74, 6) is 2.08. The zero-order valence-corrected chi connectivity index (χ0v) is 17.7. The van der Waals surface area contributed by atoms with Gasteiger partial charge in [-0.1, -0.05) is 26.0 Å². The van der Waals surface area contributed by atoms with Crippen molar-refractivity contribution in [3.8, 4) is 0 Å². The SMILES string of the molecule is CCN(CC)S(=O)(=O)c1ccc(CNC(=O)CC2CSCCN2)cc1.Cl. The molecule has 1 atom stereocenters. The minimum atomic E-state index is -3.43. The number of amides is 1. The van der Waals surface area contributed by atoms with Crippen LogP contribution in [0.15, 0.2) is 29.2 Å². The highest BCUT2D eigenvalue weighted by Crippen LogP contribution is 2.16. The summed E-state index contributed by atoms with van der Waals surface area (Å²) < 4.78 is 26.3. The second-order valence-corrected chi connectivity index (χ2v) is 9.03. The molecule has 6 nitrogen and oxygen atoms in total. The maximum absolute atomic E-state index is 12.4. The van der Waals surface area contributed by atoms with E-state index in [1.165, 1.54) is 4.31 Å². The van der Waals surface area contributed by atoms with Gasteiger partial charge in [0.15, 0.2) is 0 Å². The van der Waals surface area contributed by atoms with Gasteiger partial charge in [-0.2, -0.15) is 16.1 Å². The minimum absolute atomic E-state index is 0. The van der Waals surface area contributed by atoms with Gasteiger partial charge >= 0.3 is 0 Å². The number of sulfonamides is 1. The molecular formula is C17H28ClN3O3S2. The Bertz CT molecular complexity index is 658. The van der Waals surface area contributed by atoms with Gasteiger partial charge in [0.1, 0.15) is 0 Å². The van der Waals surface area contributed by atoms with Crippen LogP contribution in [0.2, 0.25) is 0 Å². The van der Waals surface area contributed by atoms with E-state index in [0.29, 0.717) is 26.1 Å². The van der Waals surface area contributed by atoms with Gasteiger partial charge in [-0.3, -0.25) is 4.79 Å². The highest BCUT2D eigenvalue weighted by atomic mass is 35.5. The molecule has 0 aromatic heterocycles. The van der Waals surface area contributed by atoms with E-state index in [9.17, 15) is 13.2 Å². The molecule has 9 heteroatoms. The van der Waals surface area contributed by atoms with Gasteiger partial charge in [0.25, 0.3) is 0 Å². The van der Waals surface area contributed by atoms with Crippen molar-refractivity contribution in [3.05, 3.63) is 29.8 Å². The zero-order valence-electron chi connectivity index (χ0n) is 15.2. The van der Waals surface area contributed by atoms with Crippen LogP contribution < -0.4 is 10.6 Å². The first-order valence-electron chi connectivity index (χ1n) is 8.64. The summed E-state index contributed by atoms with van der Waals surface area (Å²) in [5, 5.41) is 6.24. The molecule has 1 aromatic carbocycles. The van der Waals surface area contributed by atoms with E-state index in [1.54, 1.807) is 24.3 Å². The standard InChI is InChI=1S/C17H27N3O3S2.ClH/c1-3-20(4-2)25(22,23)16-7-5-14(6-8-16)12-19-17(21)11-15-13-24-10-9-18-15;/h5-8,15,18H,3-4,9-13H2,1-2H3,(H,19,21);1H. The highest BCUT2D eigenvalue weighted by Gasteiger charge is 2.21. The summed E-state index contributed by atoms with van der Waals surface area (Å²) >= 11 is 1.87. The van der Waals surface area contributed by atoms with Crippen molar-refractivity contribution in [2.45, 2.75) is 37.8 Å². The van der Waals surface area contributed by atoms with E-state index in [0.717, 1.165) is 23.6 Å². The Kier molecular flexibility index (Phi) is 9.95. The normalized spacial score (nSPS) is 17.6. The van der Waals surface area contributed by atoms with Gasteiger partial charge in [0.2, 0.25) is 15.9 Å². The predicted octanol–water partition coefficient (Wildman–Crippen LogP) is 1.85. The van der Waals surface area contributed by atoms with E-state index in [2.05, 4.69) is 10.6 Å². The van der Waals surface area contributed by atoms with Crippen molar-refractivity contribution < 1.29 is 13.2 Å². The van der Waals surface area contributed by atoms with E-state index in [-0.39, 0.29) is 29.3 Å². The first-order valence-corrected chi connectivity index (χ1v) is 11.2. The number of rotatable bonds is 8. The molecule has 0 saturated carbocycles. The molecule has 1 unspecified atom stereocenters. The Morgan fingerprint density at radius 2 is 1.92 bits per heavy atom. The molecule has 2 rings (SSSR count). The smallest absolute Gasteiger partial charge is 0.243 e. The zero-order chi connectivity index (χ0) is 18.3. The summed E-state index contributed by atoms with van der Waals surface area (Å²) in [7, 11) is -3.43. The lowest BCUT2D eigenvalue weighted by Crippen LogP contribution is -2.41. The fourth-order valence-electron chi connectivity index (χ4n) is 2.74. The molecule has 0 bridgehead atoms. The van der Waals surface area contributed by atoms with E-state index >= 15 is 0 Å². The molecule has 2 N–H and O–H groups in total. The Balaban J connectivity index is 0.00000338. The van der Waals surface area contributed by atoms with Crippen LogP contribution in [-0.2, 0) is 21.4 Å². The molecule has 0 radical (unpaired) electrons. The topological polar surface area (TPSA) is 78.5 Å². The summed E-state index contributed by atoms with van der Waals surface area (Å²) in [6.45, 7) is 5.90. The molecule has 1 aliphatic heterocycles. The van der Waals surface area contributed by atoms with Crippen molar-refractivity contribution in [1.82, 2.24) is 14.9 Å². The van der Waals surface area contributed by atoms with Crippen molar-refractivity contribution in [1.29, 1.82) is 0 Å². The third-order valence-corrected chi connectivity index (χ3v) is 7.38. The monoisotopic (exact) mass is 421 g/mol. The number of carbonyl (C=O) groups is 1. The number of hydrogen-bond acceptors (Lipinski definition) is 5. The quantitative estimate of drug-likeness (QED) is 0.669. The summed E-state index contributed by atoms with van der Waals surface area (Å²) in [6.07, 6.45) is 0.474. The van der Waals surface area contributed by atoms with Gasteiger partial charge < -0.3 is 10.6 Å². The lowest BCUT2D eigenvalue weighted by atomic mass is 10.2. The summed E-state index contributed by atoms with van der Waals surface area (Å²) in [4.78, 5) is 12.3. The van der Waals surface area contributed by atoms with Gasteiger partial charge in [0.05, 0.1) is 4.90 Å². The summed E-state index contributed by atoms with van der Waals surface area (Å²) in [5.41, 5.74) is 0.887. The molecule has 1 fully saturated rings. The van der Waals surface area contributed by atoms with Crippen LogP contribution in [0, 0.1) is 0 Å². The third kappa shape index (κ3) is 6.42. The van der Waals surface area contributed by atoms with Gasteiger partial charge in [-0.05, 0) is 17.7 Å². The first kappa shape index (κ1) is 23.2. The molecule has 1 aromatic rings. The van der Waals surface area contributed by atoms with Crippen LogP contribution in [0.4, 0.5) is 0 Å². The molecular weight excluding hydrogens is 394 g/mol. The van der Waals surface area contributed by atoms with Crippen LogP contribution in [-0.4, -0.2) is 55.8 Å². The molecule has 26 heavy (non-hydrogen) atoms. The van der Waals surface area contributed by atoms with Crippen LogP contribution in [0.5, 0.6) is 0 Å². The van der Waals surface area contributed by atoms with Crippen LogP contribution in [0.25, 0.3) is 0 Å². The Labute approximate surface area is 166 Å². The fraction of sp³-hybridized carbons (Fsp3) is 0.588. The maximum atomic E-state index is 12.4. The Hall–Kier alpha value is -0.800. The molecule has 1 aliphatic rings. The number of benzene rings is 1. The molecule has 1 amide bonds. The molecule has 0 aliphatic carbocycles. The van der Waals surface area contributed by atoms with Crippen molar-refractivity contribution in [2.24, 2.45) is 0 Å². The van der Waals surface area contributed by atoms with Gasteiger partial charge in [-0.15, -0.1) is 12.4 Å². The average molecular weight is 422 g/mol. The van der Waals surface area contributed by atoms with Crippen LogP contribution in [0.3, 0.4) is 0 Å². The Morgan fingerprint density at radius 3 is 2.46 bits per heavy atom. The lowest BCUT2D eigenvalue weighted by molar-refractivity contribution is -0.121. The summed E-state index contributed by atoms with van der Waals surface area (Å²) in [6, 6.07) is 6.96. The molecule has 1 heterocycles. The number of thioether (sulfide) groups is 1. The minimum Gasteiger partial charge on any atom is -0.352 e. The molecule has 148 valence electrons. The molecule has 0 spiro atoms. The largest absolute Gasteiger partial charge is 0.352 e. The number of halogens is 1. The second kappa shape index (κ2) is 11.1. The van der Waals surface area contributed by atoms with Gasteiger partial charge in [0, 0.05) is 50.1 Å². The number of nitrogens with zero attached hydrogens (tertiary/aromatic N) is 1. The maximum Gasteiger partial charge on any atom is 0.243 e. The van der Waals surface area contributed by atoms with Gasteiger partial charge in [-0.25, -0.2) is 8.42 Å². The average Bonchev–Trinajstić information content (AvgIpc) is 2.62. The van der Waals surface area contributed by atoms with Crippen molar-refractivity contribution in [2.75, 3.05) is 31.1 Å². The van der Waals surface area contributed by atoms with Crippen LogP contribution >= 0.6 is 24.2 Å². The first-order chi connectivity index (χ1) is 12.0. The van der Waals surface area contributed by atoms with E-state index < -0.39 is 10.0 Å². The highest BCUT2D eigenvalue weighted by molar-refractivity contribution is 7.99. The third-order valence-electron chi connectivity index (χ3n) is 4.19. The lowest BCUT2D eigenvalue weighted by Gasteiger charge is -2.22. The van der Waals surface area contributed by atoms with E-state index in [4.69, 9.17) is 0 Å². The fourth-order valence-corrected chi connectivity index (χ4v) is 5.15. The number of hydrogen-bond donors (Lipinski definition) is 2. The van der Waals surface area contributed by atoms with Crippen molar-refractivity contribution >= 4 is 40.1 Å². The number of carbonyl (C=O) groups excluding carboxylic acids is 1. The van der Waals surface area contributed by atoms with Crippen molar-refractivity contribution in [3.63, 3.8) is 0 Å².